The van der Waals surface area contributed by atoms with Crippen molar-refractivity contribution < 1.29 is 19.0 Å². The molecule has 0 saturated heterocycles. The molecule has 0 bridgehead atoms. The van der Waals surface area contributed by atoms with Gasteiger partial charge in [-0.05, 0) is 18.2 Å². The summed E-state index contributed by atoms with van der Waals surface area (Å²) in [6.07, 6.45) is 0.858. The standard InChI is InChI=1S/C18H17NO4/c1-21-15-8-11(9-16(22-2)18(15)23-3)17-13(10-20)12-6-4-5-7-14(12)19-17/h4-10,19H,1-3H3. The van der Waals surface area contributed by atoms with Crippen molar-refractivity contribution in [2.24, 2.45) is 0 Å². The monoisotopic (exact) mass is 311 g/mol. The Balaban J connectivity index is 2.28. The van der Waals surface area contributed by atoms with E-state index in [4.69, 9.17) is 14.2 Å². The number of ether oxygens (including phenoxy) is 3. The molecular weight excluding hydrogens is 294 g/mol. The Kier molecular flexibility index (Phi) is 3.93. The number of fused-ring (bicyclic) bond motifs is 1. The van der Waals surface area contributed by atoms with E-state index in [0.717, 1.165) is 28.4 Å². The topological polar surface area (TPSA) is 60.6 Å². The number of hydrogen-bond donors (Lipinski definition) is 1. The Bertz CT molecular complexity index is 842. The highest BCUT2D eigenvalue weighted by molar-refractivity contribution is 6.04. The van der Waals surface area contributed by atoms with Crippen molar-refractivity contribution in [1.82, 2.24) is 4.98 Å². The highest BCUT2D eigenvalue weighted by Crippen LogP contribution is 2.42. The van der Waals surface area contributed by atoms with Crippen LogP contribution < -0.4 is 14.2 Å². The van der Waals surface area contributed by atoms with Crippen LogP contribution in [0.25, 0.3) is 22.2 Å². The second kappa shape index (κ2) is 6.04. The van der Waals surface area contributed by atoms with Gasteiger partial charge in [0.25, 0.3) is 0 Å². The number of para-hydroxylation sites is 1. The summed E-state index contributed by atoms with van der Waals surface area (Å²) in [5, 5.41) is 0.881. The van der Waals surface area contributed by atoms with Crippen molar-refractivity contribution in [3.8, 4) is 28.5 Å². The number of carbonyl (C=O) groups is 1. The second-order valence-corrected chi connectivity index (χ2v) is 4.99. The molecule has 0 aliphatic heterocycles. The van der Waals surface area contributed by atoms with E-state index in [1.165, 1.54) is 0 Å². The zero-order chi connectivity index (χ0) is 16.4. The molecule has 0 aliphatic rings. The summed E-state index contributed by atoms with van der Waals surface area (Å²) in [6.45, 7) is 0. The van der Waals surface area contributed by atoms with Crippen LogP contribution in [0.3, 0.4) is 0 Å². The van der Waals surface area contributed by atoms with Gasteiger partial charge in [-0.15, -0.1) is 0 Å². The molecule has 0 amide bonds. The molecular formula is C18H17NO4. The molecule has 0 saturated carbocycles. The van der Waals surface area contributed by atoms with Gasteiger partial charge in [-0.2, -0.15) is 0 Å². The van der Waals surface area contributed by atoms with Crippen LogP contribution in [0.5, 0.6) is 17.2 Å². The third-order valence-electron chi connectivity index (χ3n) is 3.82. The summed E-state index contributed by atoms with van der Waals surface area (Å²) in [5.41, 5.74) is 3.02. The molecule has 3 rings (SSSR count). The summed E-state index contributed by atoms with van der Waals surface area (Å²) in [6, 6.07) is 11.3. The first-order valence-electron chi connectivity index (χ1n) is 7.09. The van der Waals surface area contributed by atoms with Crippen LogP contribution in [0.15, 0.2) is 36.4 Å². The van der Waals surface area contributed by atoms with Crippen LogP contribution in [0.2, 0.25) is 0 Å². The molecule has 1 N–H and O–H groups in total. The molecule has 0 aliphatic carbocycles. The van der Waals surface area contributed by atoms with E-state index in [-0.39, 0.29) is 0 Å². The molecule has 5 heteroatoms. The SMILES string of the molecule is COc1cc(-c2[nH]c3ccccc3c2C=O)cc(OC)c1OC. The lowest BCUT2D eigenvalue weighted by atomic mass is 10.0. The van der Waals surface area contributed by atoms with E-state index < -0.39 is 0 Å². The van der Waals surface area contributed by atoms with Gasteiger partial charge < -0.3 is 19.2 Å². The zero-order valence-electron chi connectivity index (χ0n) is 13.2. The van der Waals surface area contributed by atoms with Gasteiger partial charge in [0.2, 0.25) is 5.75 Å². The third kappa shape index (κ3) is 2.40. The van der Waals surface area contributed by atoms with Gasteiger partial charge in [-0.3, -0.25) is 4.79 Å². The third-order valence-corrected chi connectivity index (χ3v) is 3.82. The number of methoxy groups -OCH3 is 3. The molecule has 5 nitrogen and oxygen atoms in total. The molecule has 0 spiro atoms. The number of nitrogens with one attached hydrogen (secondary N) is 1. The molecule has 23 heavy (non-hydrogen) atoms. The van der Waals surface area contributed by atoms with Crippen molar-refractivity contribution in [3.05, 3.63) is 42.0 Å². The van der Waals surface area contributed by atoms with Crippen LogP contribution in [0.4, 0.5) is 0 Å². The van der Waals surface area contributed by atoms with Crippen LogP contribution >= 0.6 is 0 Å². The lowest BCUT2D eigenvalue weighted by Gasteiger charge is -2.14. The van der Waals surface area contributed by atoms with Crippen LogP contribution in [-0.2, 0) is 0 Å². The molecule has 2 aromatic carbocycles. The number of aromatic amines is 1. The van der Waals surface area contributed by atoms with Gasteiger partial charge in [0.1, 0.15) is 0 Å². The molecule has 118 valence electrons. The Morgan fingerprint density at radius 3 is 2.17 bits per heavy atom. The zero-order valence-corrected chi connectivity index (χ0v) is 13.2. The maximum absolute atomic E-state index is 11.6. The minimum absolute atomic E-state index is 0.516. The Hall–Kier alpha value is -2.95. The predicted molar refractivity (Wildman–Crippen MR) is 88.8 cm³/mol. The Labute approximate surface area is 133 Å². The lowest BCUT2D eigenvalue weighted by molar-refractivity contribution is 0.112. The minimum atomic E-state index is 0.516. The minimum Gasteiger partial charge on any atom is -0.493 e. The maximum Gasteiger partial charge on any atom is 0.203 e. The number of aldehydes is 1. The smallest absolute Gasteiger partial charge is 0.203 e. The number of benzene rings is 2. The van der Waals surface area contributed by atoms with E-state index >= 15 is 0 Å². The van der Waals surface area contributed by atoms with Gasteiger partial charge in [-0.1, -0.05) is 18.2 Å². The number of aromatic nitrogens is 1. The normalized spacial score (nSPS) is 10.6. The fraction of sp³-hybridized carbons (Fsp3) is 0.167. The number of carbonyl (C=O) groups excluding carboxylic acids is 1. The molecule has 3 aromatic rings. The van der Waals surface area contributed by atoms with E-state index in [9.17, 15) is 4.79 Å². The van der Waals surface area contributed by atoms with E-state index in [0.29, 0.717) is 22.8 Å². The summed E-state index contributed by atoms with van der Waals surface area (Å²) in [4.78, 5) is 14.9. The summed E-state index contributed by atoms with van der Waals surface area (Å²) < 4.78 is 16.1. The highest BCUT2D eigenvalue weighted by atomic mass is 16.5. The Morgan fingerprint density at radius 2 is 1.61 bits per heavy atom. The molecule has 0 atom stereocenters. The fourth-order valence-electron chi connectivity index (χ4n) is 2.74. The molecule has 0 radical (unpaired) electrons. The van der Waals surface area contributed by atoms with Gasteiger partial charge in [0.05, 0.1) is 27.0 Å². The van der Waals surface area contributed by atoms with E-state index in [2.05, 4.69) is 4.98 Å². The molecule has 1 heterocycles. The first-order valence-corrected chi connectivity index (χ1v) is 7.09. The van der Waals surface area contributed by atoms with Gasteiger partial charge >= 0.3 is 0 Å². The van der Waals surface area contributed by atoms with Crippen molar-refractivity contribution >= 4 is 17.2 Å². The average Bonchev–Trinajstić information content (AvgIpc) is 2.98. The largest absolute Gasteiger partial charge is 0.493 e. The van der Waals surface area contributed by atoms with Crippen molar-refractivity contribution in [1.29, 1.82) is 0 Å². The average molecular weight is 311 g/mol. The van der Waals surface area contributed by atoms with Crippen molar-refractivity contribution in [3.63, 3.8) is 0 Å². The first kappa shape index (κ1) is 15.0. The summed E-state index contributed by atoms with van der Waals surface area (Å²) >= 11 is 0. The quantitative estimate of drug-likeness (QED) is 0.730. The number of hydrogen-bond acceptors (Lipinski definition) is 4. The highest BCUT2D eigenvalue weighted by Gasteiger charge is 2.18. The fourth-order valence-corrected chi connectivity index (χ4v) is 2.74. The van der Waals surface area contributed by atoms with Gasteiger partial charge in [0, 0.05) is 22.0 Å². The van der Waals surface area contributed by atoms with Crippen LogP contribution in [0, 0.1) is 0 Å². The van der Waals surface area contributed by atoms with Crippen LogP contribution in [-0.4, -0.2) is 32.6 Å². The van der Waals surface area contributed by atoms with Crippen molar-refractivity contribution in [2.45, 2.75) is 0 Å². The lowest BCUT2D eigenvalue weighted by Crippen LogP contribution is -1.96. The second-order valence-electron chi connectivity index (χ2n) is 4.99. The first-order chi connectivity index (χ1) is 11.2. The van der Waals surface area contributed by atoms with Crippen molar-refractivity contribution in [2.75, 3.05) is 21.3 Å². The van der Waals surface area contributed by atoms with Gasteiger partial charge in [-0.25, -0.2) is 0 Å². The predicted octanol–water partition coefficient (Wildman–Crippen LogP) is 3.67. The van der Waals surface area contributed by atoms with Crippen LogP contribution in [0.1, 0.15) is 10.4 Å². The van der Waals surface area contributed by atoms with Gasteiger partial charge in [0.15, 0.2) is 17.8 Å². The molecule has 0 unspecified atom stereocenters. The molecule has 0 fully saturated rings. The summed E-state index contributed by atoms with van der Waals surface area (Å²) in [7, 11) is 4.68. The van der Waals surface area contributed by atoms with E-state index in [1.54, 1.807) is 21.3 Å². The molecule has 1 aromatic heterocycles. The van der Waals surface area contributed by atoms with E-state index in [1.807, 2.05) is 36.4 Å². The Morgan fingerprint density at radius 1 is 0.957 bits per heavy atom. The maximum atomic E-state index is 11.6. The number of H-pyrrole nitrogens is 1. The number of rotatable bonds is 5. The summed E-state index contributed by atoms with van der Waals surface area (Å²) in [5.74, 6) is 1.59.